The average Bonchev–Trinajstić information content (AvgIpc) is 1.97. The molecule has 4 heteroatoms. The minimum absolute atomic E-state index is 0.115. The highest BCUT2D eigenvalue weighted by atomic mass is 32.2. The summed E-state index contributed by atoms with van der Waals surface area (Å²) in [4.78, 5) is 12.7. The molecule has 0 heterocycles. The first kappa shape index (κ1) is 10.8. The number of nitrogens with zero attached hydrogens (tertiary/aromatic N) is 1. The van der Waals surface area contributed by atoms with Gasteiger partial charge in [0.1, 0.15) is 0 Å². The fraction of sp³-hybridized carbons (Fsp3) is 0.857. The zero-order chi connectivity index (χ0) is 8.69. The summed E-state index contributed by atoms with van der Waals surface area (Å²) in [5.41, 5.74) is 5.34. The Morgan fingerprint density at radius 3 is 2.55 bits per heavy atom. The molecule has 66 valence electrons. The van der Waals surface area contributed by atoms with Crippen LogP contribution in [0.4, 0.5) is 0 Å². The van der Waals surface area contributed by atoms with E-state index in [1.807, 2.05) is 6.26 Å². The number of amides is 1. The predicted octanol–water partition coefficient (Wildman–Crippen LogP) is 0.157. The van der Waals surface area contributed by atoms with E-state index in [4.69, 9.17) is 5.73 Å². The quantitative estimate of drug-likeness (QED) is 0.649. The SMILES string of the molecule is CSCCN(CCN)C(C)=O. The molecule has 0 aliphatic carbocycles. The van der Waals surface area contributed by atoms with Gasteiger partial charge < -0.3 is 10.6 Å². The standard InChI is InChI=1S/C7H16N2OS/c1-7(10)9(4-3-8)5-6-11-2/h3-6,8H2,1-2H3. The number of rotatable bonds is 5. The minimum Gasteiger partial charge on any atom is -0.341 e. The van der Waals surface area contributed by atoms with Crippen LogP contribution in [0.1, 0.15) is 6.92 Å². The van der Waals surface area contributed by atoms with Crippen molar-refractivity contribution in [2.45, 2.75) is 6.92 Å². The van der Waals surface area contributed by atoms with Crippen LogP contribution < -0.4 is 5.73 Å². The maximum absolute atomic E-state index is 10.9. The van der Waals surface area contributed by atoms with Gasteiger partial charge >= 0.3 is 0 Å². The van der Waals surface area contributed by atoms with Gasteiger partial charge in [0.2, 0.25) is 5.91 Å². The first-order valence-corrected chi connectivity index (χ1v) is 5.06. The van der Waals surface area contributed by atoms with Gasteiger partial charge in [-0.15, -0.1) is 0 Å². The van der Waals surface area contributed by atoms with E-state index in [2.05, 4.69) is 0 Å². The van der Waals surface area contributed by atoms with Gasteiger partial charge in [-0.25, -0.2) is 0 Å². The lowest BCUT2D eigenvalue weighted by Crippen LogP contribution is -2.35. The Bertz CT molecular complexity index is 119. The lowest BCUT2D eigenvalue weighted by Gasteiger charge is -2.19. The highest BCUT2D eigenvalue weighted by Gasteiger charge is 2.05. The molecule has 1 amide bonds. The zero-order valence-electron chi connectivity index (χ0n) is 7.17. The van der Waals surface area contributed by atoms with Crippen molar-refractivity contribution in [3.05, 3.63) is 0 Å². The molecule has 0 fully saturated rings. The molecule has 0 aliphatic heterocycles. The van der Waals surface area contributed by atoms with Gasteiger partial charge in [-0.1, -0.05) is 0 Å². The zero-order valence-corrected chi connectivity index (χ0v) is 7.99. The first-order chi connectivity index (χ1) is 5.22. The van der Waals surface area contributed by atoms with Crippen LogP contribution in [-0.4, -0.2) is 42.4 Å². The topological polar surface area (TPSA) is 46.3 Å². The largest absolute Gasteiger partial charge is 0.341 e. The maximum atomic E-state index is 10.9. The van der Waals surface area contributed by atoms with Crippen LogP contribution in [-0.2, 0) is 4.79 Å². The van der Waals surface area contributed by atoms with E-state index in [0.29, 0.717) is 13.1 Å². The summed E-state index contributed by atoms with van der Waals surface area (Å²) in [6.45, 7) is 3.62. The van der Waals surface area contributed by atoms with Crippen molar-refractivity contribution in [2.75, 3.05) is 31.6 Å². The molecule has 0 aromatic rings. The molecule has 0 aromatic heterocycles. The lowest BCUT2D eigenvalue weighted by atomic mass is 10.4. The smallest absolute Gasteiger partial charge is 0.219 e. The second-order valence-corrected chi connectivity index (χ2v) is 3.27. The van der Waals surface area contributed by atoms with Crippen LogP contribution in [0.5, 0.6) is 0 Å². The Morgan fingerprint density at radius 2 is 2.18 bits per heavy atom. The van der Waals surface area contributed by atoms with E-state index in [1.165, 1.54) is 0 Å². The third-order valence-corrected chi connectivity index (χ3v) is 2.00. The summed E-state index contributed by atoms with van der Waals surface area (Å²) in [6.07, 6.45) is 2.03. The van der Waals surface area contributed by atoms with Crippen molar-refractivity contribution in [1.82, 2.24) is 4.90 Å². The summed E-state index contributed by atoms with van der Waals surface area (Å²) in [6, 6.07) is 0. The summed E-state index contributed by atoms with van der Waals surface area (Å²) in [5, 5.41) is 0. The number of carbonyl (C=O) groups excluding carboxylic acids is 1. The molecular formula is C7H16N2OS. The number of hydrogen-bond acceptors (Lipinski definition) is 3. The van der Waals surface area contributed by atoms with E-state index in [9.17, 15) is 4.79 Å². The Kier molecular flexibility index (Phi) is 6.36. The van der Waals surface area contributed by atoms with Crippen LogP contribution >= 0.6 is 11.8 Å². The molecule has 0 rings (SSSR count). The molecule has 3 nitrogen and oxygen atoms in total. The second kappa shape index (κ2) is 6.49. The fourth-order valence-corrected chi connectivity index (χ4v) is 1.19. The van der Waals surface area contributed by atoms with Crippen molar-refractivity contribution >= 4 is 17.7 Å². The van der Waals surface area contributed by atoms with E-state index in [1.54, 1.807) is 23.6 Å². The van der Waals surface area contributed by atoms with Crippen molar-refractivity contribution in [3.8, 4) is 0 Å². The molecule has 0 saturated heterocycles. The van der Waals surface area contributed by atoms with Gasteiger partial charge in [-0.2, -0.15) is 11.8 Å². The molecule has 0 aliphatic rings. The van der Waals surface area contributed by atoms with Gasteiger partial charge in [-0.05, 0) is 6.26 Å². The molecule has 0 unspecified atom stereocenters. The molecule has 0 aromatic carbocycles. The van der Waals surface area contributed by atoms with Crippen LogP contribution in [0.3, 0.4) is 0 Å². The molecule has 0 saturated carbocycles. The van der Waals surface area contributed by atoms with E-state index >= 15 is 0 Å². The third kappa shape index (κ3) is 5.09. The molecule has 0 atom stereocenters. The Hall–Kier alpha value is -0.220. The summed E-state index contributed by atoms with van der Waals surface area (Å²) >= 11 is 1.74. The van der Waals surface area contributed by atoms with Crippen LogP contribution in [0.25, 0.3) is 0 Å². The summed E-state index contributed by atoms with van der Waals surface area (Å²) in [5.74, 6) is 1.10. The Labute approximate surface area is 72.3 Å². The molecular weight excluding hydrogens is 160 g/mol. The van der Waals surface area contributed by atoms with Crippen molar-refractivity contribution in [2.24, 2.45) is 5.73 Å². The van der Waals surface area contributed by atoms with Gasteiger partial charge in [0.25, 0.3) is 0 Å². The summed E-state index contributed by atoms with van der Waals surface area (Å²) < 4.78 is 0. The van der Waals surface area contributed by atoms with Crippen molar-refractivity contribution in [3.63, 3.8) is 0 Å². The van der Waals surface area contributed by atoms with Gasteiger partial charge in [0.05, 0.1) is 0 Å². The second-order valence-electron chi connectivity index (χ2n) is 2.29. The lowest BCUT2D eigenvalue weighted by molar-refractivity contribution is -0.128. The maximum Gasteiger partial charge on any atom is 0.219 e. The number of nitrogens with two attached hydrogens (primary N) is 1. The molecule has 0 bridgehead atoms. The third-order valence-electron chi connectivity index (χ3n) is 1.41. The summed E-state index contributed by atoms with van der Waals surface area (Å²) in [7, 11) is 0. The first-order valence-electron chi connectivity index (χ1n) is 3.67. The van der Waals surface area contributed by atoms with Crippen molar-refractivity contribution < 1.29 is 4.79 Å². The molecule has 0 radical (unpaired) electrons. The fourth-order valence-electron chi connectivity index (χ4n) is 0.784. The highest BCUT2D eigenvalue weighted by molar-refractivity contribution is 7.98. The van der Waals surface area contributed by atoms with Gasteiger partial charge in [-0.3, -0.25) is 4.79 Å². The van der Waals surface area contributed by atoms with Gasteiger partial charge in [0.15, 0.2) is 0 Å². The molecule has 2 N–H and O–H groups in total. The average molecular weight is 176 g/mol. The van der Waals surface area contributed by atoms with Gasteiger partial charge in [0, 0.05) is 32.3 Å². The monoisotopic (exact) mass is 176 g/mol. The number of thioether (sulfide) groups is 1. The number of hydrogen-bond donors (Lipinski definition) is 1. The van der Waals surface area contributed by atoms with Crippen LogP contribution in [0, 0.1) is 0 Å². The minimum atomic E-state index is 0.115. The predicted molar refractivity (Wildman–Crippen MR) is 49.7 cm³/mol. The van der Waals surface area contributed by atoms with E-state index in [0.717, 1.165) is 12.3 Å². The van der Waals surface area contributed by atoms with Crippen LogP contribution in [0.2, 0.25) is 0 Å². The van der Waals surface area contributed by atoms with E-state index in [-0.39, 0.29) is 5.91 Å². The Balaban J connectivity index is 3.60. The van der Waals surface area contributed by atoms with Crippen molar-refractivity contribution in [1.29, 1.82) is 0 Å². The van der Waals surface area contributed by atoms with E-state index < -0.39 is 0 Å². The normalized spacial score (nSPS) is 9.73. The molecule has 11 heavy (non-hydrogen) atoms. The highest BCUT2D eigenvalue weighted by Crippen LogP contribution is 1.95. The molecule has 0 spiro atoms. The van der Waals surface area contributed by atoms with Crippen LogP contribution in [0.15, 0.2) is 0 Å². The number of carbonyl (C=O) groups is 1. The Morgan fingerprint density at radius 1 is 1.55 bits per heavy atom.